The number of ether oxygens (including phenoxy) is 1. The third-order valence-electron chi connectivity index (χ3n) is 7.39. The van der Waals surface area contributed by atoms with E-state index in [0.29, 0.717) is 19.6 Å². The summed E-state index contributed by atoms with van der Waals surface area (Å²) < 4.78 is 36.4. The maximum absolute atomic E-state index is 15.5. The molecular formula is C26H31Cl2F2N3O4. The van der Waals surface area contributed by atoms with Crippen molar-refractivity contribution in [1.29, 1.82) is 0 Å². The van der Waals surface area contributed by atoms with Crippen LogP contribution in [0.2, 0.25) is 10.0 Å². The lowest BCUT2D eigenvalue weighted by atomic mass is 9.67. The molecule has 5 atom stereocenters. The molecule has 2 aromatic rings. The van der Waals surface area contributed by atoms with Gasteiger partial charge in [0, 0.05) is 34.5 Å². The molecule has 37 heavy (non-hydrogen) atoms. The molecule has 0 aromatic heterocycles. The molecule has 7 nitrogen and oxygen atoms in total. The van der Waals surface area contributed by atoms with E-state index in [-0.39, 0.29) is 39.6 Å². The predicted molar refractivity (Wildman–Crippen MR) is 136 cm³/mol. The van der Waals surface area contributed by atoms with Crippen molar-refractivity contribution in [3.8, 4) is 0 Å². The molecule has 202 valence electrons. The quantitative estimate of drug-likeness (QED) is 0.323. The Kier molecular flexibility index (Phi) is 8.45. The maximum Gasteiger partial charge on any atom is 0.237 e. The average molecular weight is 558 g/mol. The highest BCUT2D eigenvalue weighted by Crippen LogP contribution is 2.50. The molecule has 2 fully saturated rings. The zero-order valence-electron chi connectivity index (χ0n) is 20.3. The molecule has 2 aliphatic heterocycles. The molecule has 4 rings (SSSR count). The van der Waals surface area contributed by atoms with Crippen LogP contribution in [0.3, 0.4) is 0 Å². The number of hydrogen-bond donors (Lipinski definition) is 5. The van der Waals surface area contributed by atoms with Crippen molar-refractivity contribution < 1.29 is 28.5 Å². The Balaban J connectivity index is 1.82. The highest BCUT2D eigenvalue weighted by molar-refractivity contribution is 6.31. The van der Waals surface area contributed by atoms with E-state index in [0.717, 1.165) is 6.07 Å². The molecule has 2 heterocycles. The van der Waals surface area contributed by atoms with Crippen LogP contribution in [0.4, 0.5) is 8.78 Å². The molecule has 2 aromatic carbocycles. The first-order valence-corrected chi connectivity index (χ1v) is 12.8. The normalized spacial score (nSPS) is 27.5. The molecule has 0 aliphatic carbocycles. The van der Waals surface area contributed by atoms with Gasteiger partial charge in [-0.25, -0.2) is 8.78 Å². The van der Waals surface area contributed by atoms with Crippen LogP contribution < -0.4 is 16.4 Å². The third kappa shape index (κ3) is 5.49. The van der Waals surface area contributed by atoms with Crippen LogP contribution in [0.1, 0.15) is 36.8 Å². The Morgan fingerprint density at radius 2 is 2.03 bits per heavy atom. The van der Waals surface area contributed by atoms with Gasteiger partial charge in [0.2, 0.25) is 5.91 Å². The van der Waals surface area contributed by atoms with Crippen molar-refractivity contribution in [3.05, 3.63) is 69.2 Å². The predicted octanol–water partition coefficient (Wildman–Crippen LogP) is 2.84. The van der Waals surface area contributed by atoms with Crippen molar-refractivity contribution in [2.45, 2.75) is 49.4 Å². The zero-order chi connectivity index (χ0) is 27.0. The summed E-state index contributed by atoms with van der Waals surface area (Å²) in [7, 11) is 0. The molecular weight excluding hydrogens is 527 g/mol. The van der Waals surface area contributed by atoms with E-state index in [1.807, 2.05) is 6.92 Å². The Morgan fingerprint density at radius 3 is 2.65 bits per heavy atom. The summed E-state index contributed by atoms with van der Waals surface area (Å²) in [5, 5.41) is 24.8. The molecule has 2 aliphatic rings. The largest absolute Gasteiger partial charge is 0.394 e. The van der Waals surface area contributed by atoms with Crippen LogP contribution in [0.25, 0.3) is 0 Å². The Bertz CT molecular complexity index is 1150. The molecule has 11 heteroatoms. The summed E-state index contributed by atoms with van der Waals surface area (Å²) in [5.74, 6) is -2.97. The molecule has 2 saturated heterocycles. The van der Waals surface area contributed by atoms with Gasteiger partial charge >= 0.3 is 0 Å². The van der Waals surface area contributed by atoms with Gasteiger partial charge in [-0.15, -0.1) is 0 Å². The minimum atomic E-state index is -1.58. The van der Waals surface area contributed by atoms with Crippen LogP contribution in [0.15, 0.2) is 36.4 Å². The maximum atomic E-state index is 15.5. The van der Waals surface area contributed by atoms with Crippen molar-refractivity contribution in [1.82, 2.24) is 10.6 Å². The van der Waals surface area contributed by atoms with Crippen molar-refractivity contribution in [2.24, 2.45) is 11.1 Å². The fourth-order valence-electron chi connectivity index (χ4n) is 5.42. The summed E-state index contributed by atoms with van der Waals surface area (Å²) in [5.41, 5.74) is 5.44. The van der Waals surface area contributed by atoms with Crippen molar-refractivity contribution in [2.75, 3.05) is 26.4 Å². The van der Waals surface area contributed by atoms with Gasteiger partial charge in [0.05, 0.1) is 42.5 Å². The first-order valence-electron chi connectivity index (χ1n) is 12.1. The van der Waals surface area contributed by atoms with Gasteiger partial charge in [0.25, 0.3) is 0 Å². The number of hydrogen-bond acceptors (Lipinski definition) is 6. The summed E-state index contributed by atoms with van der Waals surface area (Å²) in [6, 6.07) is 6.85. The minimum Gasteiger partial charge on any atom is -0.394 e. The van der Waals surface area contributed by atoms with Crippen LogP contribution in [-0.2, 0) is 15.1 Å². The van der Waals surface area contributed by atoms with Crippen LogP contribution in [0, 0.1) is 17.0 Å². The van der Waals surface area contributed by atoms with E-state index in [9.17, 15) is 9.90 Å². The topological polar surface area (TPSA) is 117 Å². The van der Waals surface area contributed by atoms with Gasteiger partial charge < -0.3 is 31.3 Å². The van der Waals surface area contributed by atoms with E-state index < -0.39 is 53.8 Å². The molecule has 0 bridgehead atoms. The fourth-order valence-corrected chi connectivity index (χ4v) is 5.76. The van der Waals surface area contributed by atoms with Gasteiger partial charge in [0.15, 0.2) is 0 Å². The van der Waals surface area contributed by atoms with E-state index in [1.54, 1.807) is 6.07 Å². The van der Waals surface area contributed by atoms with Crippen molar-refractivity contribution >= 4 is 29.1 Å². The number of carbonyl (C=O) groups is 1. The van der Waals surface area contributed by atoms with E-state index in [4.69, 9.17) is 38.8 Å². The second-order valence-corrected chi connectivity index (χ2v) is 11.1. The minimum absolute atomic E-state index is 0.0621. The standard InChI is InChI=1S/C26H31Cl2F2N3O4/c1-25(12-37-13-25)10-20-26(31,17-6-5-14(27)9-19(17)29)21(16-3-2-4-18(28)22(16)30)23(33-20)24(36)32-8-7-15(35)11-34/h2-6,9,15,20-21,23,33-35H,7-8,10-13,31H2,1H3,(H,32,36). The highest BCUT2D eigenvalue weighted by atomic mass is 35.5. The molecule has 6 N–H and O–H groups in total. The number of aliphatic hydroxyl groups excluding tert-OH is 2. The lowest BCUT2D eigenvalue weighted by Crippen LogP contribution is -2.55. The van der Waals surface area contributed by atoms with E-state index in [2.05, 4.69) is 10.6 Å². The lowest BCUT2D eigenvalue weighted by molar-refractivity contribution is -0.123. The number of halogens is 4. The fraction of sp³-hybridized carbons (Fsp3) is 0.500. The van der Waals surface area contributed by atoms with Gasteiger partial charge in [-0.1, -0.05) is 48.3 Å². The van der Waals surface area contributed by atoms with Crippen LogP contribution >= 0.6 is 23.2 Å². The average Bonchev–Trinajstić information content (AvgIpc) is 3.12. The number of carbonyl (C=O) groups excluding carboxylic acids is 1. The number of rotatable bonds is 9. The van der Waals surface area contributed by atoms with Gasteiger partial charge in [-0.3, -0.25) is 4.79 Å². The lowest BCUT2D eigenvalue weighted by Gasteiger charge is -2.44. The van der Waals surface area contributed by atoms with Gasteiger partial charge in [-0.2, -0.15) is 0 Å². The molecule has 0 saturated carbocycles. The Labute approximate surface area is 224 Å². The molecule has 5 unspecified atom stereocenters. The first-order chi connectivity index (χ1) is 17.5. The van der Waals surface area contributed by atoms with Crippen LogP contribution in [0.5, 0.6) is 0 Å². The Morgan fingerprint density at radius 1 is 1.30 bits per heavy atom. The summed E-state index contributed by atoms with van der Waals surface area (Å²) in [6.45, 7) is 2.56. The van der Waals surface area contributed by atoms with Gasteiger partial charge in [-0.05, 0) is 36.6 Å². The summed E-state index contributed by atoms with van der Waals surface area (Å²) >= 11 is 12.1. The first kappa shape index (κ1) is 28.2. The van der Waals surface area contributed by atoms with E-state index >= 15 is 8.78 Å². The number of nitrogens with two attached hydrogens (primary N) is 1. The van der Waals surface area contributed by atoms with Crippen LogP contribution in [-0.4, -0.2) is 60.7 Å². The molecule has 0 spiro atoms. The smallest absolute Gasteiger partial charge is 0.237 e. The molecule has 0 radical (unpaired) electrons. The number of nitrogens with one attached hydrogen (secondary N) is 2. The number of benzene rings is 2. The van der Waals surface area contributed by atoms with Crippen molar-refractivity contribution in [3.63, 3.8) is 0 Å². The second kappa shape index (κ2) is 11.1. The van der Waals surface area contributed by atoms with Gasteiger partial charge in [0.1, 0.15) is 11.6 Å². The summed E-state index contributed by atoms with van der Waals surface area (Å²) in [4.78, 5) is 13.5. The highest BCUT2D eigenvalue weighted by Gasteiger charge is 2.59. The number of aliphatic hydroxyl groups is 2. The monoisotopic (exact) mass is 557 g/mol. The zero-order valence-corrected chi connectivity index (χ0v) is 21.8. The Hall–Kier alpha value is -1.85. The SMILES string of the molecule is CC1(CC2NC(C(=O)NCCC(O)CO)C(c3cccc(Cl)c3F)C2(N)c2ccc(Cl)cc2F)COC1. The third-order valence-corrected chi connectivity index (χ3v) is 7.91. The molecule has 1 amide bonds. The second-order valence-electron chi connectivity index (χ2n) is 10.3. The number of amides is 1. The van der Waals surface area contributed by atoms with E-state index in [1.165, 1.54) is 24.3 Å². The summed E-state index contributed by atoms with van der Waals surface area (Å²) in [6.07, 6.45) is -0.457.